The Balaban J connectivity index is 0.000000816. The fourth-order valence-electron chi connectivity index (χ4n) is 4.15. The summed E-state index contributed by atoms with van der Waals surface area (Å²) >= 11 is 0. The van der Waals surface area contributed by atoms with E-state index in [9.17, 15) is 9.18 Å². The first kappa shape index (κ1) is 19.9. The van der Waals surface area contributed by atoms with Crippen molar-refractivity contribution < 1.29 is 19.1 Å². The molecule has 0 radical (unpaired) electrons. The molecule has 134 valence electrons. The number of alkyl halides is 1. The van der Waals surface area contributed by atoms with Crippen LogP contribution in [0.15, 0.2) is 0 Å². The molecule has 5 nitrogen and oxygen atoms in total. The smallest absolute Gasteiger partial charge is 0.290 e. The van der Waals surface area contributed by atoms with E-state index in [1.54, 1.807) is 0 Å². The van der Waals surface area contributed by atoms with Crippen molar-refractivity contribution in [3.8, 4) is 0 Å². The number of halogens is 1. The number of carbonyl (C=O) groups is 2. The Hall–Kier alpha value is -1.17. The molecule has 0 unspecified atom stereocenters. The number of carbonyl (C=O) groups excluding carboxylic acids is 1. The third-order valence-electron chi connectivity index (χ3n) is 4.52. The zero-order valence-corrected chi connectivity index (χ0v) is 14.8. The van der Waals surface area contributed by atoms with Gasteiger partial charge in [-0.05, 0) is 59.3 Å². The molecule has 2 heterocycles. The Labute approximate surface area is 138 Å². The predicted octanol–water partition coefficient (Wildman–Crippen LogP) is 2.59. The number of hydrogen-bond acceptors (Lipinski definition) is 3. The Morgan fingerprint density at radius 1 is 1.22 bits per heavy atom. The van der Waals surface area contributed by atoms with E-state index in [0.717, 1.165) is 12.8 Å². The maximum absolute atomic E-state index is 13.1. The predicted molar refractivity (Wildman–Crippen MR) is 88.0 cm³/mol. The van der Waals surface area contributed by atoms with Crippen molar-refractivity contribution >= 4 is 12.4 Å². The van der Waals surface area contributed by atoms with E-state index in [1.807, 2.05) is 4.90 Å². The highest BCUT2D eigenvalue weighted by Crippen LogP contribution is 2.35. The third kappa shape index (κ3) is 6.85. The van der Waals surface area contributed by atoms with Crippen LogP contribution < -0.4 is 5.32 Å². The van der Waals surface area contributed by atoms with Gasteiger partial charge in [0.15, 0.2) is 0 Å². The number of nitrogens with zero attached hydrogens (tertiary/aromatic N) is 1. The Morgan fingerprint density at radius 2 is 1.65 bits per heavy atom. The number of nitrogens with one attached hydrogen (secondary N) is 1. The van der Waals surface area contributed by atoms with Crippen LogP contribution in [0, 0.1) is 5.92 Å². The fraction of sp³-hybridized carbons (Fsp3) is 0.882. The van der Waals surface area contributed by atoms with Gasteiger partial charge in [-0.25, -0.2) is 4.39 Å². The van der Waals surface area contributed by atoms with Gasteiger partial charge in [0.2, 0.25) is 5.91 Å². The van der Waals surface area contributed by atoms with E-state index in [-0.39, 0.29) is 23.5 Å². The number of piperidine rings is 2. The monoisotopic (exact) mass is 330 g/mol. The summed E-state index contributed by atoms with van der Waals surface area (Å²) in [6.45, 7) is 9.77. The third-order valence-corrected chi connectivity index (χ3v) is 4.52. The van der Waals surface area contributed by atoms with Gasteiger partial charge < -0.3 is 15.3 Å². The molecule has 2 saturated heterocycles. The van der Waals surface area contributed by atoms with Crippen molar-refractivity contribution in [3.05, 3.63) is 0 Å². The van der Waals surface area contributed by atoms with Gasteiger partial charge in [0.1, 0.15) is 6.17 Å². The second kappa shape index (κ2) is 8.08. The van der Waals surface area contributed by atoms with Gasteiger partial charge in [-0.3, -0.25) is 9.59 Å². The van der Waals surface area contributed by atoms with E-state index in [2.05, 4.69) is 33.0 Å². The zero-order chi connectivity index (χ0) is 17.7. The molecule has 0 aromatic rings. The van der Waals surface area contributed by atoms with Gasteiger partial charge in [-0.15, -0.1) is 0 Å². The second-order valence-corrected chi connectivity index (χ2v) is 8.03. The van der Waals surface area contributed by atoms with E-state index in [1.165, 1.54) is 0 Å². The summed E-state index contributed by atoms with van der Waals surface area (Å²) in [6, 6.07) is 0. The van der Waals surface area contributed by atoms with Gasteiger partial charge in [0, 0.05) is 30.6 Å². The van der Waals surface area contributed by atoms with Crippen LogP contribution in [0.25, 0.3) is 0 Å². The standard InChI is InChI=1S/C16H29FN2O.CH2O2/c1-15(2)10-12(11-16(3,4)18-15)9-14(20)19-7-5-13(17)6-8-19;2-1-3/h12-13,18H,5-11H2,1-4H3;1H,(H,2,3). The van der Waals surface area contributed by atoms with Crippen molar-refractivity contribution in [3.63, 3.8) is 0 Å². The molecule has 0 spiro atoms. The van der Waals surface area contributed by atoms with Crippen molar-refractivity contribution in [2.75, 3.05) is 13.1 Å². The highest BCUT2D eigenvalue weighted by molar-refractivity contribution is 5.76. The van der Waals surface area contributed by atoms with Crippen molar-refractivity contribution in [1.29, 1.82) is 0 Å². The first-order valence-electron chi connectivity index (χ1n) is 8.37. The first-order chi connectivity index (χ1) is 10.6. The molecule has 0 saturated carbocycles. The molecule has 2 aliphatic rings. The van der Waals surface area contributed by atoms with Crippen LogP contribution in [0.5, 0.6) is 0 Å². The average Bonchev–Trinajstić information content (AvgIpc) is 2.36. The molecule has 2 fully saturated rings. The second-order valence-electron chi connectivity index (χ2n) is 8.03. The highest BCUT2D eigenvalue weighted by Gasteiger charge is 2.38. The van der Waals surface area contributed by atoms with Gasteiger partial charge in [0.25, 0.3) is 6.47 Å². The van der Waals surface area contributed by atoms with Gasteiger partial charge in [-0.2, -0.15) is 0 Å². The quantitative estimate of drug-likeness (QED) is 0.764. The Bertz CT molecular complexity index is 389. The molecule has 0 atom stereocenters. The number of hydrogen-bond donors (Lipinski definition) is 2. The van der Waals surface area contributed by atoms with Crippen LogP contribution in [0.1, 0.15) is 59.8 Å². The van der Waals surface area contributed by atoms with Crippen LogP contribution >= 0.6 is 0 Å². The van der Waals surface area contributed by atoms with E-state index < -0.39 is 6.17 Å². The average molecular weight is 330 g/mol. The van der Waals surface area contributed by atoms with Gasteiger partial charge in [0.05, 0.1) is 0 Å². The topological polar surface area (TPSA) is 69.6 Å². The molecule has 0 bridgehead atoms. The number of rotatable bonds is 2. The summed E-state index contributed by atoms with van der Waals surface area (Å²) in [4.78, 5) is 22.6. The summed E-state index contributed by atoms with van der Waals surface area (Å²) in [5.41, 5.74) is 0.164. The minimum absolute atomic E-state index is 0.0820. The molecule has 2 aliphatic heterocycles. The minimum atomic E-state index is -0.712. The lowest BCUT2D eigenvalue weighted by atomic mass is 9.74. The van der Waals surface area contributed by atoms with Crippen LogP contribution in [0.2, 0.25) is 0 Å². The van der Waals surface area contributed by atoms with Gasteiger partial charge >= 0.3 is 0 Å². The normalized spacial score (nSPS) is 24.5. The summed E-state index contributed by atoms with van der Waals surface area (Å²) in [5, 5.41) is 10.5. The zero-order valence-electron chi connectivity index (χ0n) is 14.8. The molecule has 0 aromatic carbocycles. The summed E-state index contributed by atoms with van der Waals surface area (Å²) in [5.74, 6) is 0.646. The molecule has 23 heavy (non-hydrogen) atoms. The SMILES string of the molecule is CC1(C)CC(CC(=O)N2CCC(F)CC2)CC(C)(C)N1.O=CO. The molecule has 0 aliphatic carbocycles. The summed E-state index contributed by atoms with van der Waals surface area (Å²) in [6.07, 6.45) is 2.98. The largest absolute Gasteiger partial charge is 0.483 e. The lowest BCUT2D eigenvalue weighted by molar-refractivity contribution is -0.134. The molecule has 2 rings (SSSR count). The highest BCUT2D eigenvalue weighted by atomic mass is 19.1. The molecule has 2 N–H and O–H groups in total. The number of carboxylic acid groups (broad SMARTS) is 1. The summed E-state index contributed by atoms with van der Waals surface area (Å²) in [7, 11) is 0. The van der Waals surface area contributed by atoms with E-state index in [4.69, 9.17) is 9.90 Å². The first-order valence-corrected chi connectivity index (χ1v) is 8.37. The number of amides is 1. The van der Waals surface area contributed by atoms with Crippen molar-refractivity contribution in [2.24, 2.45) is 5.92 Å². The van der Waals surface area contributed by atoms with Crippen molar-refractivity contribution in [1.82, 2.24) is 10.2 Å². The summed E-state index contributed by atoms with van der Waals surface area (Å²) < 4.78 is 13.1. The molecular formula is C17H31FN2O3. The maximum Gasteiger partial charge on any atom is 0.290 e. The van der Waals surface area contributed by atoms with E-state index in [0.29, 0.717) is 38.3 Å². The van der Waals surface area contributed by atoms with Gasteiger partial charge in [-0.1, -0.05) is 0 Å². The van der Waals surface area contributed by atoms with Crippen molar-refractivity contribution in [2.45, 2.75) is 77.0 Å². The van der Waals surface area contributed by atoms with Crippen LogP contribution in [0.4, 0.5) is 4.39 Å². The molecule has 0 aromatic heterocycles. The maximum atomic E-state index is 13.1. The lowest BCUT2D eigenvalue weighted by Gasteiger charge is -2.46. The van der Waals surface area contributed by atoms with E-state index >= 15 is 0 Å². The molecule has 1 amide bonds. The Morgan fingerprint density at radius 3 is 2.09 bits per heavy atom. The van der Waals surface area contributed by atoms with Crippen LogP contribution in [0.3, 0.4) is 0 Å². The number of likely N-dealkylation sites (tertiary alicyclic amines) is 1. The Kier molecular flexibility index (Phi) is 6.99. The molecule has 6 heteroatoms. The lowest BCUT2D eigenvalue weighted by Crippen LogP contribution is -2.58. The van der Waals surface area contributed by atoms with Crippen LogP contribution in [-0.2, 0) is 9.59 Å². The molecular weight excluding hydrogens is 299 g/mol. The fourth-order valence-corrected chi connectivity index (χ4v) is 4.15. The minimum Gasteiger partial charge on any atom is -0.483 e. The van der Waals surface area contributed by atoms with Crippen LogP contribution in [-0.4, -0.2) is 52.7 Å².